The van der Waals surface area contributed by atoms with Gasteiger partial charge in [-0.25, -0.2) is 0 Å². The Bertz CT molecular complexity index is 375. The number of allylic oxidation sites excluding steroid dienone is 8. The highest BCUT2D eigenvalue weighted by molar-refractivity contribution is 5.42. The van der Waals surface area contributed by atoms with Crippen LogP contribution in [-0.4, -0.2) is 0 Å². The second-order valence-corrected chi connectivity index (χ2v) is 5.28. The van der Waals surface area contributed by atoms with Crippen LogP contribution in [0.4, 0.5) is 0 Å². The summed E-state index contributed by atoms with van der Waals surface area (Å²) < 4.78 is 0. The zero-order valence-electron chi connectivity index (χ0n) is 10.7. The lowest BCUT2D eigenvalue weighted by Crippen LogP contribution is -2.11. The first kappa shape index (κ1) is 11.4. The average molecular weight is 214 g/mol. The topological polar surface area (TPSA) is 0 Å². The minimum atomic E-state index is 0.695. The van der Waals surface area contributed by atoms with E-state index in [2.05, 4.69) is 51.2 Å². The normalized spacial score (nSPS) is 25.2. The molecule has 1 atom stereocenters. The molecule has 0 aromatic carbocycles. The fourth-order valence-corrected chi connectivity index (χ4v) is 2.59. The Labute approximate surface area is 99.4 Å². The van der Waals surface area contributed by atoms with Gasteiger partial charge in [0.2, 0.25) is 0 Å². The van der Waals surface area contributed by atoms with Gasteiger partial charge in [-0.1, -0.05) is 56.7 Å². The van der Waals surface area contributed by atoms with Gasteiger partial charge in [-0.15, -0.1) is 0 Å². The predicted octanol–water partition coefficient (Wildman–Crippen LogP) is 4.81. The molecule has 0 nitrogen and oxygen atoms in total. The summed E-state index contributed by atoms with van der Waals surface area (Å²) in [5.74, 6) is 1.39. The standard InChI is InChI=1S/C16H22/c1-12(2)15-9-10-16(13(3)11-15)14-7-5-4-6-8-14/h4-5,7,9-10,12-13H,6,8,11H2,1-3H3. The fraction of sp³-hybridized carbons (Fsp3) is 0.500. The smallest absolute Gasteiger partial charge is 0.0150 e. The SMILES string of the molecule is CC(C)C1=CC=C(C2=CC=CCC2)C(C)C1. The monoisotopic (exact) mass is 214 g/mol. The molecule has 0 heterocycles. The molecule has 0 aromatic rings. The van der Waals surface area contributed by atoms with Gasteiger partial charge in [0, 0.05) is 0 Å². The number of rotatable bonds is 2. The average Bonchev–Trinajstić information content (AvgIpc) is 2.30. The van der Waals surface area contributed by atoms with Crippen molar-refractivity contribution in [2.75, 3.05) is 0 Å². The van der Waals surface area contributed by atoms with Crippen molar-refractivity contribution in [3.05, 3.63) is 47.1 Å². The van der Waals surface area contributed by atoms with Crippen LogP contribution in [0.15, 0.2) is 47.1 Å². The van der Waals surface area contributed by atoms with Crippen LogP contribution in [0.25, 0.3) is 0 Å². The van der Waals surface area contributed by atoms with Crippen LogP contribution in [0, 0.1) is 11.8 Å². The van der Waals surface area contributed by atoms with Gasteiger partial charge in [-0.2, -0.15) is 0 Å². The summed E-state index contributed by atoms with van der Waals surface area (Å²) in [5.41, 5.74) is 4.71. The van der Waals surface area contributed by atoms with Crippen LogP contribution in [-0.2, 0) is 0 Å². The van der Waals surface area contributed by atoms with E-state index in [0.29, 0.717) is 11.8 Å². The molecule has 86 valence electrons. The minimum absolute atomic E-state index is 0.695. The first-order valence-electron chi connectivity index (χ1n) is 6.45. The van der Waals surface area contributed by atoms with Gasteiger partial charge in [0.1, 0.15) is 0 Å². The van der Waals surface area contributed by atoms with Crippen molar-refractivity contribution >= 4 is 0 Å². The van der Waals surface area contributed by atoms with Crippen molar-refractivity contribution in [1.82, 2.24) is 0 Å². The van der Waals surface area contributed by atoms with E-state index in [1.807, 2.05) is 0 Å². The highest BCUT2D eigenvalue weighted by atomic mass is 14.2. The lowest BCUT2D eigenvalue weighted by atomic mass is 9.79. The highest BCUT2D eigenvalue weighted by Gasteiger charge is 2.19. The summed E-state index contributed by atoms with van der Waals surface area (Å²) in [6.07, 6.45) is 15.1. The number of hydrogen-bond donors (Lipinski definition) is 0. The molecule has 16 heavy (non-hydrogen) atoms. The van der Waals surface area contributed by atoms with Crippen LogP contribution in [0.3, 0.4) is 0 Å². The molecule has 0 saturated carbocycles. The third-order valence-corrected chi connectivity index (χ3v) is 3.68. The van der Waals surface area contributed by atoms with Gasteiger partial charge in [0.15, 0.2) is 0 Å². The van der Waals surface area contributed by atoms with E-state index < -0.39 is 0 Å². The van der Waals surface area contributed by atoms with E-state index >= 15 is 0 Å². The van der Waals surface area contributed by atoms with Crippen LogP contribution in [0.5, 0.6) is 0 Å². The van der Waals surface area contributed by atoms with E-state index in [0.717, 1.165) is 0 Å². The van der Waals surface area contributed by atoms with E-state index in [9.17, 15) is 0 Å². The maximum Gasteiger partial charge on any atom is -0.0150 e. The van der Waals surface area contributed by atoms with Gasteiger partial charge < -0.3 is 0 Å². The van der Waals surface area contributed by atoms with E-state index in [-0.39, 0.29) is 0 Å². The van der Waals surface area contributed by atoms with Crippen LogP contribution in [0.1, 0.15) is 40.0 Å². The maximum atomic E-state index is 2.36. The van der Waals surface area contributed by atoms with Crippen molar-refractivity contribution in [3.8, 4) is 0 Å². The maximum absolute atomic E-state index is 2.36. The molecule has 0 bridgehead atoms. The first-order valence-corrected chi connectivity index (χ1v) is 6.45. The summed E-state index contributed by atoms with van der Waals surface area (Å²) in [6, 6.07) is 0. The van der Waals surface area contributed by atoms with Gasteiger partial charge in [0.05, 0.1) is 0 Å². The highest BCUT2D eigenvalue weighted by Crippen LogP contribution is 2.35. The van der Waals surface area contributed by atoms with Gasteiger partial charge in [-0.3, -0.25) is 0 Å². The van der Waals surface area contributed by atoms with Gasteiger partial charge in [0.25, 0.3) is 0 Å². The molecule has 0 fully saturated rings. The molecule has 0 saturated heterocycles. The summed E-state index contributed by atoms with van der Waals surface area (Å²) >= 11 is 0. The Morgan fingerprint density at radius 1 is 1.19 bits per heavy atom. The van der Waals surface area contributed by atoms with Crippen molar-refractivity contribution in [2.45, 2.75) is 40.0 Å². The van der Waals surface area contributed by atoms with Crippen LogP contribution in [0.2, 0.25) is 0 Å². The summed E-state index contributed by atoms with van der Waals surface area (Å²) in [5, 5.41) is 0. The molecule has 0 N–H and O–H groups in total. The molecule has 0 amide bonds. The van der Waals surface area contributed by atoms with Crippen molar-refractivity contribution < 1.29 is 0 Å². The molecule has 2 aliphatic carbocycles. The molecule has 0 aliphatic heterocycles. The zero-order valence-corrected chi connectivity index (χ0v) is 10.7. The summed E-state index contributed by atoms with van der Waals surface area (Å²) in [7, 11) is 0. The zero-order chi connectivity index (χ0) is 11.5. The van der Waals surface area contributed by atoms with E-state index in [1.54, 1.807) is 16.7 Å². The second-order valence-electron chi connectivity index (χ2n) is 5.28. The molecule has 2 aliphatic rings. The van der Waals surface area contributed by atoms with Crippen LogP contribution < -0.4 is 0 Å². The molecule has 0 aromatic heterocycles. The van der Waals surface area contributed by atoms with E-state index in [1.165, 1.54) is 19.3 Å². The Balaban J connectivity index is 2.22. The predicted molar refractivity (Wildman–Crippen MR) is 71.2 cm³/mol. The molecule has 0 heteroatoms. The Kier molecular flexibility index (Phi) is 3.48. The van der Waals surface area contributed by atoms with E-state index in [4.69, 9.17) is 0 Å². The van der Waals surface area contributed by atoms with Gasteiger partial charge in [-0.05, 0) is 42.2 Å². The molecule has 0 spiro atoms. The third kappa shape index (κ3) is 2.37. The Hall–Kier alpha value is -1.04. The Morgan fingerprint density at radius 3 is 2.56 bits per heavy atom. The summed E-state index contributed by atoms with van der Waals surface area (Å²) in [6.45, 7) is 6.94. The quantitative estimate of drug-likeness (QED) is 0.618. The third-order valence-electron chi connectivity index (χ3n) is 3.68. The minimum Gasteiger partial charge on any atom is -0.0842 e. The lowest BCUT2D eigenvalue weighted by Gasteiger charge is -2.26. The van der Waals surface area contributed by atoms with Gasteiger partial charge >= 0.3 is 0 Å². The summed E-state index contributed by atoms with van der Waals surface area (Å²) in [4.78, 5) is 0. The Morgan fingerprint density at radius 2 is 2.00 bits per heavy atom. The van der Waals surface area contributed by atoms with Crippen LogP contribution >= 0.6 is 0 Å². The van der Waals surface area contributed by atoms with Crippen molar-refractivity contribution in [2.24, 2.45) is 11.8 Å². The largest absolute Gasteiger partial charge is 0.0842 e. The fourth-order valence-electron chi connectivity index (χ4n) is 2.59. The molecular formula is C16H22. The molecular weight excluding hydrogens is 192 g/mol. The first-order chi connectivity index (χ1) is 7.68. The lowest BCUT2D eigenvalue weighted by molar-refractivity contribution is 0.597. The molecule has 1 unspecified atom stereocenters. The number of hydrogen-bond acceptors (Lipinski definition) is 0. The van der Waals surface area contributed by atoms with Crippen molar-refractivity contribution in [1.29, 1.82) is 0 Å². The second kappa shape index (κ2) is 4.86. The van der Waals surface area contributed by atoms with Crippen molar-refractivity contribution in [3.63, 3.8) is 0 Å². The molecule has 2 rings (SSSR count). The molecule has 0 radical (unpaired) electrons.